The van der Waals surface area contributed by atoms with E-state index < -0.39 is 0 Å². The van der Waals surface area contributed by atoms with Crippen molar-refractivity contribution in [2.24, 2.45) is 0 Å². The van der Waals surface area contributed by atoms with E-state index in [-0.39, 0.29) is 6.10 Å². The Morgan fingerprint density at radius 3 is 2.45 bits per heavy atom. The Morgan fingerprint density at radius 1 is 1.10 bits per heavy atom. The smallest absolute Gasteiger partial charge is 0.118 e. The van der Waals surface area contributed by atoms with Gasteiger partial charge in [0, 0.05) is 5.33 Å². The molecule has 1 unspecified atom stereocenters. The molecule has 0 amide bonds. The summed E-state index contributed by atoms with van der Waals surface area (Å²) in [6, 6.07) is 16.4. The zero-order chi connectivity index (χ0) is 14.4. The molecule has 0 N–H and O–H groups in total. The predicted molar refractivity (Wildman–Crippen MR) is 85.5 cm³/mol. The summed E-state index contributed by atoms with van der Waals surface area (Å²) in [5.41, 5.74) is 3.60. The average molecular weight is 335 g/mol. The van der Waals surface area contributed by atoms with Gasteiger partial charge in [-0.05, 0) is 30.2 Å². The van der Waals surface area contributed by atoms with Gasteiger partial charge in [-0.2, -0.15) is 0 Å². The van der Waals surface area contributed by atoms with E-state index in [1.54, 1.807) is 7.11 Å². The van der Waals surface area contributed by atoms with Gasteiger partial charge in [-0.15, -0.1) is 0 Å². The number of benzene rings is 2. The highest BCUT2D eigenvalue weighted by molar-refractivity contribution is 9.09. The molecule has 0 heterocycles. The molecule has 0 saturated carbocycles. The van der Waals surface area contributed by atoms with E-state index in [9.17, 15) is 0 Å². The number of hydrogen-bond acceptors (Lipinski definition) is 2. The van der Waals surface area contributed by atoms with Crippen molar-refractivity contribution in [2.75, 3.05) is 12.4 Å². The molecule has 2 aromatic carbocycles. The molecule has 3 heteroatoms. The fourth-order valence-electron chi connectivity index (χ4n) is 2.02. The Bertz CT molecular complexity index is 537. The summed E-state index contributed by atoms with van der Waals surface area (Å²) in [6.07, 6.45) is 0.0667. The van der Waals surface area contributed by atoms with E-state index in [4.69, 9.17) is 9.47 Å². The second-order valence-electron chi connectivity index (χ2n) is 4.72. The zero-order valence-electron chi connectivity index (χ0n) is 11.8. The van der Waals surface area contributed by atoms with Crippen LogP contribution < -0.4 is 4.74 Å². The molecule has 0 aliphatic rings. The summed E-state index contributed by atoms with van der Waals surface area (Å²) in [6.45, 7) is 2.69. The molecule has 2 rings (SSSR count). The van der Waals surface area contributed by atoms with Crippen molar-refractivity contribution < 1.29 is 9.47 Å². The molecule has 0 spiro atoms. The van der Waals surface area contributed by atoms with Crippen LogP contribution in [0, 0.1) is 6.92 Å². The number of ether oxygens (including phenoxy) is 2. The molecule has 0 fully saturated rings. The van der Waals surface area contributed by atoms with Crippen molar-refractivity contribution in [1.29, 1.82) is 0 Å². The zero-order valence-corrected chi connectivity index (χ0v) is 13.4. The van der Waals surface area contributed by atoms with Crippen LogP contribution in [0.1, 0.15) is 22.8 Å². The maximum atomic E-state index is 6.00. The van der Waals surface area contributed by atoms with Crippen LogP contribution in [0.15, 0.2) is 48.5 Å². The van der Waals surface area contributed by atoms with E-state index >= 15 is 0 Å². The van der Waals surface area contributed by atoms with E-state index in [1.165, 1.54) is 11.1 Å². The Hall–Kier alpha value is -1.32. The van der Waals surface area contributed by atoms with E-state index in [0.29, 0.717) is 6.61 Å². The second-order valence-corrected chi connectivity index (χ2v) is 5.36. The van der Waals surface area contributed by atoms with E-state index in [0.717, 1.165) is 16.6 Å². The molecule has 2 aromatic rings. The minimum Gasteiger partial charge on any atom is -0.497 e. The van der Waals surface area contributed by atoms with Crippen molar-refractivity contribution in [1.82, 2.24) is 0 Å². The fourth-order valence-corrected chi connectivity index (χ4v) is 2.58. The molecule has 0 aromatic heterocycles. The van der Waals surface area contributed by atoms with E-state index in [1.807, 2.05) is 24.3 Å². The van der Waals surface area contributed by atoms with Crippen molar-refractivity contribution in [2.45, 2.75) is 19.6 Å². The summed E-state index contributed by atoms with van der Waals surface area (Å²) in [5, 5.41) is 0.784. The van der Waals surface area contributed by atoms with Crippen molar-refractivity contribution in [3.8, 4) is 5.75 Å². The van der Waals surface area contributed by atoms with Crippen molar-refractivity contribution in [3.05, 3.63) is 65.2 Å². The highest BCUT2D eigenvalue weighted by Gasteiger charge is 2.10. The van der Waals surface area contributed by atoms with E-state index in [2.05, 4.69) is 47.1 Å². The molecular weight excluding hydrogens is 316 g/mol. The summed E-state index contributed by atoms with van der Waals surface area (Å²) < 4.78 is 11.2. The molecule has 2 nitrogen and oxygen atoms in total. The molecule has 0 bridgehead atoms. The van der Waals surface area contributed by atoms with Gasteiger partial charge in [0.2, 0.25) is 0 Å². The van der Waals surface area contributed by atoms with Gasteiger partial charge in [0.05, 0.1) is 19.8 Å². The molecule has 1 atom stereocenters. The first-order valence-electron chi connectivity index (χ1n) is 6.60. The van der Waals surface area contributed by atoms with Crippen LogP contribution in [0.25, 0.3) is 0 Å². The quantitative estimate of drug-likeness (QED) is 0.715. The first-order valence-corrected chi connectivity index (χ1v) is 7.72. The number of methoxy groups -OCH3 is 1. The topological polar surface area (TPSA) is 18.5 Å². The molecule has 106 valence electrons. The summed E-state index contributed by atoms with van der Waals surface area (Å²) in [7, 11) is 1.67. The van der Waals surface area contributed by atoms with Crippen LogP contribution in [-0.4, -0.2) is 12.4 Å². The highest BCUT2D eigenvalue weighted by atomic mass is 79.9. The summed E-state index contributed by atoms with van der Waals surface area (Å²) in [4.78, 5) is 0. The van der Waals surface area contributed by atoms with Gasteiger partial charge < -0.3 is 9.47 Å². The van der Waals surface area contributed by atoms with Crippen LogP contribution in [0.5, 0.6) is 5.75 Å². The lowest BCUT2D eigenvalue weighted by atomic mass is 10.1. The average Bonchev–Trinajstić information content (AvgIpc) is 2.48. The van der Waals surface area contributed by atoms with Gasteiger partial charge in [0.1, 0.15) is 5.75 Å². The van der Waals surface area contributed by atoms with Crippen molar-refractivity contribution >= 4 is 15.9 Å². The number of rotatable bonds is 6. The number of halogens is 1. The monoisotopic (exact) mass is 334 g/mol. The van der Waals surface area contributed by atoms with Crippen LogP contribution in [0.2, 0.25) is 0 Å². The lowest BCUT2D eigenvalue weighted by Crippen LogP contribution is -2.06. The third-order valence-electron chi connectivity index (χ3n) is 3.16. The standard InChI is InChI=1S/C17H19BrO2/c1-13-4-3-5-15(10-13)17(11-18)20-12-14-6-8-16(19-2)9-7-14/h3-10,17H,11-12H2,1-2H3. The Labute approximate surface area is 128 Å². The minimum atomic E-state index is 0.0667. The third kappa shape index (κ3) is 4.09. The molecule has 0 radical (unpaired) electrons. The second kappa shape index (κ2) is 7.46. The van der Waals surface area contributed by atoms with Gasteiger partial charge in [0.15, 0.2) is 0 Å². The number of aryl methyl sites for hydroxylation is 1. The number of alkyl halides is 1. The highest BCUT2D eigenvalue weighted by Crippen LogP contribution is 2.23. The van der Waals surface area contributed by atoms with Crippen LogP contribution in [-0.2, 0) is 11.3 Å². The molecule has 20 heavy (non-hydrogen) atoms. The van der Waals surface area contributed by atoms with Crippen LogP contribution >= 0.6 is 15.9 Å². The summed E-state index contributed by atoms with van der Waals surface area (Å²) >= 11 is 3.53. The molecule has 0 saturated heterocycles. The first kappa shape index (κ1) is 15.1. The van der Waals surface area contributed by atoms with Crippen LogP contribution in [0.4, 0.5) is 0 Å². The predicted octanol–water partition coefficient (Wildman–Crippen LogP) is 4.66. The minimum absolute atomic E-state index is 0.0667. The van der Waals surface area contributed by atoms with Crippen LogP contribution in [0.3, 0.4) is 0 Å². The Morgan fingerprint density at radius 2 is 1.85 bits per heavy atom. The largest absolute Gasteiger partial charge is 0.497 e. The molecule has 0 aliphatic heterocycles. The number of hydrogen-bond donors (Lipinski definition) is 0. The lowest BCUT2D eigenvalue weighted by Gasteiger charge is -2.16. The maximum Gasteiger partial charge on any atom is 0.118 e. The third-order valence-corrected chi connectivity index (χ3v) is 3.75. The SMILES string of the molecule is COc1ccc(COC(CBr)c2cccc(C)c2)cc1. The summed E-state index contributed by atoms with van der Waals surface area (Å²) in [5.74, 6) is 0.865. The maximum absolute atomic E-state index is 6.00. The first-order chi connectivity index (χ1) is 9.72. The Balaban J connectivity index is 1.99. The molecular formula is C17H19BrO2. The normalized spacial score (nSPS) is 12.2. The van der Waals surface area contributed by atoms with Crippen molar-refractivity contribution in [3.63, 3.8) is 0 Å². The Kier molecular flexibility index (Phi) is 5.62. The van der Waals surface area contributed by atoms with Gasteiger partial charge in [-0.1, -0.05) is 57.9 Å². The molecule has 0 aliphatic carbocycles. The van der Waals surface area contributed by atoms with Gasteiger partial charge in [0.25, 0.3) is 0 Å². The van der Waals surface area contributed by atoms with Gasteiger partial charge >= 0.3 is 0 Å². The van der Waals surface area contributed by atoms with Gasteiger partial charge in [-0.25, -0.2) is 0 Å². The van der Waals surface area contributed by atoms with Gasteiger partial charge in [-0.3, -0.25) is 0 Å². The fraction of sp³-hybridized carbons (Fsp3) is 0.294. The lowest BCUT2D eigenvalue weighted by molar-refractivity contribution is 0.0565.